The van der Waals surface area contributed by atoms with Crippen molar-refractivity contribution in [3.63, 3.8) is 0 Å². The first-order valence-corrected chi connectivity index (χ1v) is 7.28. The summed E-state index contributed by atoms with van der Waals surface area (Å²) in [6.07, 6.45) is -0.841. The minimum Gasteiger partial charge on any atom is -0.363 e. The van der Waals surface area contributed by atoms with E-state index in [1.54, 1.807) is 0 Å². The number of aromatic nitrogens is 3. The Labute approximate surface area is 131 Å². The first-order chi connectivity index (χ1) is 10.9. The van der Waals surface area contributed by atoms with E-state index in [9.17, 15) is 13.2 Å². The highest BCUT2D eigenvalue weighted by molar-refractivity contribution is 5.48. The van der Waals surface area contributed by atoms with Gasteiger partial charge in [0.25, 0.3) is 0 Å². The lowest BCUT2D eigenvalue weighted by Gasteiger charge is -2.22. The highest BCUT2D eigenvalue weighted by atomic mass is 19.4. The van der Waals surface area contributed by atoms with Crippen LogP contribution in [0.15, 0.2) is 24.7 Å². The number of pyridine rings is 1. The minimum atomic E-state index is -4.42. The quantitative estimate of drug-likeness (QED) is 0.909. The van der Waals surface area contributed by atoms with E-state index in [1.165, 1.54) is 18.6 Å². The molecule has 3 heterocycles. The molecule has 3 rings (SSSR count). The average Bonchev–Trinajstić information content (AvgIpc) is 2.54. The van der Waals surface area contributed by atoms with Crippen LogP contribution in [0.3, 0.4) is 0 Å². The third-order valence-corrected chi connectivity index (χ3v) is 3.80. The van der Waals surface area contributed by atoms with Crippen LogP contribution in [0.4, 0.5) is 19.0 Å². The fraction of sp³-hybridized carbons (Fsp3) is 0.400. The molecule has 2 aromatic rings. The lowest BCUT2D eigenvalue weighted by atomic mass is 10.1. The minimum absolute atomic E-state index is 0.217. The van der Waals surface area contributed by atoms with Gasteiger partial charge in [-0.25, -0.2) is 9.97 Å². The monoisotopic (exact) mass is 323 g/mol. The number of halogens is 3. The van der Waals surface area contributed by atoms with E-state index >= 15 is 0 Å². The molecule has 0 aliphatic carbocycles. The zero-order chi connectivity index (χ0) is 16.4. The topological polar surface area (TPSA) is 62.7 Å². The van der Waals surface area contributed by atoms with Crippen molar-refractivity contribution in [1.29, 1.82) is 0 Å². The van der Waals surface area contributed by atoms with E-state index in [2.05, 4.69) is 25.6 Å². The van der Waals surface area contributed by atoms with Crippen LogP contribution in [0, 0.1) is 0 Å². The van der Waals surface area contributed by atoms with Crippen LogP contribution in [-0.2, 0) is 19.1 Å². The standard InChI is InChI=1S/C15H16F3N5/c1-9(10-2-3-13(20-6-10)15(16,17)18)23-14-11-7-19-5-4-12(11)21-8-22-14/h2-3,6,8-9,19H,4-5,7H2,1H3,(H,21,22,23). The van der Waals surface area contributed by atoms with Gasteiger partial charge in [-0.3, -0.25) is 4.98 Å². The number of alkyl halides is 3. The van der Waals surface area contributed by atoms with Crippen LogP contribution in [0.1, 0.15) is 35.5 Å². The molecule has 23 heavy (non-hydrogen) atoms. The number of rotatable bonds is 3. The Hall–Kier alpha value is -2.22. The van der Waals surface area contributed by atoms with E-state index in [4.69, 9.17) is 0 Å². The molecule has 0 saturated carbocycles. The molecule has 5 nitrogen and oxygen atoms in total. The summed E-state index contributed by atoms with van der Waals surface area (Å²) in [6.45, 7) is 3.41. The molecule has 8 heteroatoms. The maximum absolute atomic E-state index is 12.6. The molecule has 1 aliphatic rings. The maximum atomic E-state index is 12.6. The highest BCUT2D eigenvalue weighted by Gasteiger charge is 2.32. The van der Waals surface area contributed by atoms with Crippen molar-refractivity contribution in [2.45, 2.75) is 32.1 Å². The molecule has 0 spiro atoms. The summed E-state index contributed by atoms with van der Waals surface area (Å²) < 4.78 is 37.7. The molecule has 1 atom stereocenters. The van der Waals surface area contributed by atoms with Gasteiger partial charge in [-0.2, -0.15) is 13.2 Å². The summed E-state index contributed by atoms with van der Waals surface area (Å²) in [5, 5.41) is 6.49. The Bertz CT molecular complexity index is 685. The number of hydrogen-bond donors (Lipinski definition) is 2. The number of nitrogens with one attached hydrogen (secondary N) is 2. The van der Waals surface area contributed by atoms with E-state index in [1.807, 2.05) is 6.92 Å². The summed E-state index contributed by atoms with van der Waals surface area (Å²) in [4.78, 5) is 12.0. The van der Waals surface area contributed by atoms with Gasteiger partial charge in [-0.15, -0.1) is 0 Å². The summed E-state index contributed by atoms with van der Waals surface area (Å²) >= 11 is 0. The first kappa shape index (κ1) is 15.7. The third-order valence-electron chi connectivity index (χ3n) is 3.80. The van der Waals surface area contributed by atoms with E-state index in [0.717, 1.165) is 30.3 Å². The Morgan fingerprint density at radius 1 is 1.22 bits per heavy atom. The van der Waals surface area contributed by atoms with Crippen LogP contribution in [0.25, 0.3) is 0 Å². The Morgan fingerprint density at radius 2 is 2.04 bits per heavy atom. The molecule has 1 aliphatic heterocycles. The molecule has 0 radical (unpaired) electrons. The zero-order valence-electron chi connectivity index (χ0n) is 12.5. The van der Waals surface area contributed by atoms with Crippen molar-refractivity contribution in [3.05, 3.63) is 47.2 Å². The molecule has 0 amide bonds. The molecule has 1 unspecified atom stereocenters. The predicted octanol–water partition coefficient (Wildman–Crippen LogP) is 2.71. The van der Waals surface area contributed by atoms with Gasteiger partial charge in [0.2, 0.25) is 0 Å². The van der Waals surface area contributed by atoms with E-state index in [-0.39, 0.29) is 6.04 Å². The maximum Gasteiger partial charge on any atom is 0.433 e. The summed E-state index contributed by atoms with van der Waals surface area (Å²) in [5.74, 6) is 0.703. The molecule has 0 bridgehead atoms. The fourth-order valence-electron chi connectivity index (χ4n) is 2.51. The highest BCUT2D eigenvalue weighted by Crippen LogP contribution is 2.29. The Kier molecular flexibility index (Phi) is 4.16. The molecule has 2 aromatic heterocycles. The summed E-state index contributed by atoms with van der Waals surface area (Å²) in [5.41, 5.74) is 1.77. The summed E-state index contributed by atoms with van der Waals surface area (Å²) in [6, 6.07) is 2.20. The number of hydrogen-bond acceptors (Lipinski definition) is 5. The Morgan fingerprint density at radius 3 is 2.74 bits per heavy atom. The fourth-order valence-corrected chi connectivity index (χ4v) is 2.51. The Balaban J connectivity index is 1.78. The van der Waals surface area contributed by atoms with Crippen molar-refractivity contribution in [2.75, 3.05) is 11.9 Å². The van der Waals surface area contributed by atoms with Gasteiger partial charge in [0.15, 0.2) is 0 Å². The van der Waals surface area contributed by atoms with Gasteiger partial charge < -0.3 is 10.6 Å². The molecule has 0 aromatic carbocycles. The second-order valence-corrected chi connectivity index (χ2v) is 5.41. The molecule has 2 N–H and O–H groups in total. The van der Waals surface area contributed by atoms with Crippen molar-refractivity contribution in [3.8, 4) is 0 Å². The lowest BCUT2D eigenvalue weighted by molar-refractivity contribution is -0.141. The SMILES string of the molecule is CC(Nc1ncnc2c1CNCC2)c1ccc(C(F)(F)F)nc1. The third kappa shape index (κ3) is 3.42. The largest absolute Gasteiger partial charge is 0.433 e. The van der Waals surface area contributed by atoms with Crippen LogP contribution in [-0.4, -0.2) is 21.5 Å². The van der Waals surface area contributed by atoms with Gasteiger partial charge in [0, 0.05) is 31.3 Å². The van der Waals surface area contributed by atoms with Crippen LogP contribution in [0.2, 0.25) is 0 Å². The van der Waals surface area contributed by atoms with Gasteiger partial charge in [-0.05, 0) is 18.6 Å². The van der Waals surface area contributed by atoms with Crippen LogP contribution >= 0.6 is 0 Å². The summed E-state index contributed by atoms with van der Waals surface area (Å²) in [7, 11) is 0. The van der Waals surface area contributed by atoms with E-state index in [0.29, 0.717) is 17.9 Å². The van der Waals surface area contributed by atoms with Crippen molar-refractivity contribution < 1.29 is 13.2 Å². The normalized spacial score (nSPS) is 15.8. The molecule has 0 saturated heterocycles. The molecule has 122 valence electrons. The predicted molar refractivity (Wildman–Crippen MR) is 78.7 cm³/mol. The van der Waals surface area contributed by atoms with Gasteiger partial charge in [0.05, 0.1) is 11.7 Å². The zero-order valence-corrected chi connectivity index (χ0v) is 12.5. The van der Waals surface area contributed by atoms with Crippen molar-refractivity contribution in [1.82, 2.24) is 20.3 Å². The number of fused-ring (bicyclic) bond motifs is 1. The molecular weight excluding hydrogens is 307 g/mol. The first-order valence-electron chi connectivity index (χ1n) is 7.28. The average molecular weight is 323 g/mol. The van der Waals surface area contributed by atoms with Crippen molar-refractivity contribution in [2.24, 2.45) is 0 Å². The second kappa shape index (κ2) is 6.11. The molecule has 0 fully saturated rings. The van der Waals surface area contributed by atoms with Crippen LogP contribution < -0.4 is 10.6 Å². The smallest absolute Gasteiger partial charge is 0.363 e. The van der Waals surface area contributed by atoms with Gasteiger partial charge >= 0.3 is 6.18 Å². The molecular formula is C15H16F3N5. The number of nitrogens with zero attached hydrogens (tertiary/aromatic N) is 3. The van der Waals surface area contributed by atoms with E-state index < -0.39 is 11.9 Å². The van der Waals surface area contributed by atoms with Crippen molar-refractivity contribution >= 4 is 5.82 Å². The second-order valence-electron chi connectivity index (χ2n) is 5.41. The van der Waals surface area contributed by atoms with Gasteiger partial charge in [0.1, 0.15) is 17.8 Å². The van der Waals surface area contributed by atoms with Crippen LogP contribution in [0.5, 0.6) is 0 Å². The lowest BCUT2D eigenvalue weighted by Crippen LogP contribution is -2.26. The van der Waals surface area contributed by atoms with Gasteiger partial charge in [-0.1, -0.05) is 6.07 Å². The number of anilines is 1.